The molecular weight excluding hydrogens is 269 g/mol. The molecule has 1 N–H and O–H groups in total. The number of aryl methyl sites for hydroxylation is 1. The topological polar surface area (TPSA) is 67.8 Å². The highest BCUT2D eigenvalue weighted by atomic mass is 35.5. The van der Waals surface area contributed by atoms with E-state index in [0.717, 1.165) is 9.57 Å². The molecule has 0 aliphatic carbocycles. The van der Waals surface area contributed by atoms with Crippen LogP contribution in [0.3, 0.4) is 0 Å². The first-order valence-electron chi connectivity index (χ1n) is 4.58. The predicted octanol–water partition coefficient (Wildman–Crippen LogP) is 1.14. The summed E-state index contributed by atoms with van der Waals surface area (Å²) in [7, 11) is 0. The molecule has 17 heavy (non-hydrogen) atoms. The molecule has 0 saturated carbocycles. The van der Waals surface area contributed by atoms with Gasteiger partial charge in [0.15, 0.2) is 5.15 Å². The summed E-state index contributed by atoms with van der Waals surface area (Å²) in [5, 5.41) is 1.93. The summed E-state index contributed by atoms with van der Waals surface area (Å²) >= 11 is 6.73. The highest BCUT2D eigenvalue weighted by molar-refractivity contribution is 7.09. The van der Waals surface area contributed by atoms with Crippen LogP contribution in [0.25, 0.3) is 0 Å². The third kappa shape index (κ3) is 2.29. The van der Waals surface area contributed by atoms with E-state index in [2.05, 4.69) is 4.98 Å². The highest BCUT2D eigenvalue weighted by Crippen LogP contribution is 2.08. The molecule has 0 aliphatic heterocycles. The van der Waals surface area contributed by atoms with Gasteiger partial charge in [0.2, 0.25) is 5.82 Å². The molecule has 5 nitrogen and oxygen atoms in total. The number of aromatic nitrogens is 3. The number of hydrogen-bond acceptors (Lipinski definition) is 4. The van der Waals surface area contributed by atoms with E-state index >= 15 is 0 Å². The average molecular weight is 276 g/mol. The van der Waals surface area contributed by atoms with Crippen LogP contribution in [0.5, 0.6) is 0 Å². The largest absolute Gasteiger partial charge is 0.330 e. The lowest BCUT2D eigenvalue weighted by Gasteiger charge is -2.02. The molecule has 0 aromatic carbocycles. The first-order chi connectivity index (χ1) is 7.99. The van der Waals surface area contributed by atoms with Gasteiger partial charge in [-0.1, -0.05) is 11.6 Å². The number of halogens is 2. The van der Waals surface area contributed by atoms with Gasteiger partial charge < -0.3 is 0 Å². The van der Waals surface area contributed by atoms with E-state index in [1.165, 1.54) is 11.3 Å². The molecule has 2 heterocycles. The highest BCUT2D eigenvalue weighted by Gasteiger charge is 2.13. The summed E-state index contributed by atoms with van der Waals surface area (Å²) in [6.45, 7) is 1.72. The van der Waals surface area contributed by atoms with Crippen LogP contribution >= 0.6 is 22.9 Å². The molecular formula is C9H7ClFN3O2S. The third-order valence-electron chi connectivity index (χ3n) is 2.07. The summed E-state index contributed by atoms with van der Waals surface area (Å²) in [6.07, 6.45) is 0. The summed E-state index contributed by atoms with van der Waals surface area (Å²) in [4.78, 5) is 29.1. The molecule has 90 valence electrons. The van der Waals surface area contributed by atoms with Crippen LogP contribution in [-0.4, -0.2) is 14.5 Å². The molecule has 0 spiro atoms. The Morgan fingerprint density at radius 2 is 2.29 bits per heavy atom. The number of thiazole rings is 1. The Morgan fingerprint density at radius 1 is 1.59 bits per heavy atom. The van der Waals surface area contributed by atoms with Gasteiger partial charge in [-0.25, -0.2) is 9.78 Å². The fraction of sp³-hybridized carbons (Fsp3) is 0.222. The summed E-state index contributed by atoms with van der Waals surface area (Å²) in [5.74, 6) is -1.17. The van der Waals surface area contributed by atoms with Crippen LogP contribution in [0.2, 0.25) is 5.15 Å². The van der Waals surface area contributed by atoms with E-state index in [4.69, 9.17) is 11.6 Å². The minimum Gasteiger partial charge on any atom is -0.295 e. The first kappa shape index (κ1) is 12.0. The number of nitrogens with one attached hydrogen (secondary N) is 1. The minimum absolute atomic E-state index is 0.0768. The number of H-pyrrole nitrogens is 1. The fourth-order valence-corrected chi connectivity index (χ4v) is 2.07. The second kappa shape index (κ2) is 4.42. The lowest BCUT2D eigenvalue weighted by atomic mass is 10.4. The van der Waals surface area contributed by atoms with Gasteiger partial charge in [0.1, 0.15) is 0 Å². The SMILES string of the molecule is Cc1nc(Cn2c(=O)[nH]c(Cl)c(F)c2=O)cs1. The Morgan fingerprint density at radius 3 is 2.88 bits per heavy atom. The maximum atomic E-state index is 13.2. The zero-order chi connectivity index (χ0) is 12.6. The molecule has 0 fully saturated rings. The zero-order valence-corrected chi connectivity index (χ0v) is 10.2. The second-order valence-electron chi connectivity index (χ2n) is 3.31. The minimum atomic E-state index is -1.17. The number of aromatic amines is 1. The Hall–Kier alpha value is -1.47. The number of nitrogens with zero attached hydrogens (tertiary/aromatic N) is 2. The van der Waals surface area contributed by atoms with Crippen LogP contribution in [0.15, 0.2) is 15.0 Å². The van der Waals surface area contributed by atoms with Crippen LogP contribution < -0.4 is 11.2 Å². The Labute approximate surface area is 104 Å². The Balaban J connectivity index is 2.50. The summed E-state index contributed by atoms with van der Waals surface area (Å²) < 4.78 is 13.9. The normalized spacial score (nSPS) is 10.8. The van der Waals surface area contributed by atoms with Gasteiger partial charge >= 0.3 is 5.69 Å². The molecule has 2 rings (SSSR count). The quantitative estimate of drug-likeness (QED) is 0.836. The van der Waals surface area contributed by atoms with Crippen molar-refractivity contribution in [3.63, 3.8) is 0 Å². The number of hydrogen-bond donors (Lipinski definition) is 1. The van der Waals surface area contributed by atoms with Crippen molar-refractivity contribution in [1.82, 2.24) is 14.5 Å². The molecule has 0 radical (unpaired) electrons. The fourth-order valence-electron chi connectivity index (χ4n) is 1.31. The van der Waals surface area contributed by atoms with Crippen molar-refractivity contribution in [2.24, 2.45) is 0 Å². The lowest BCUT2D eigenvalue weighted by molar-refractivity contribution is 0.556. The van der Waals surface area contributed by atoms with Crippen molar-refractivity contribution >= 4 is 22.9 Å². The van der Waals surface area contributed by atoms with Gasteiger partial charge in [0.25, 0.3) is 5.56 Å². The van der Waals surface area contributed by atoms with E-state index in [-0.39, 0.29) is 6.54 Å². The number of rotatable bonds is 2. The Kier molecular flexibility index (Phi) is 3.12. The van der Waals surface area contributed by atoms with Gasteiger partial charge in [0.05, 0.1) is 17.2 Å². The van der Waals surface area contributed by atoms with Crippen LogP contribution in [0.4, 0.5) is 4.39 Å². The van der Waals surface area contributed by atoms with Crippen molar-refractivity contribution < 1.29 is 4.39 Å². The molecule has 8 heteroatoms. The molecule has 0 atom stereocenters. The molecule has 0 saturated heterocycles. The molecule has 2 aromatic rings. The lowest BCUT2D eigenvalue weighted by Crippen LogP contribution is -2.37. The van der Waals surface area contributed by atoms with E-state index in [1.54, 1.807) is 12.3 Å². The van der Waals surface area contributed by atoms with Crippen LogP contribution in [0.1, 0.15) is 10.7 Å². The van der Waals surface area contributed by atoms with Crippen molar-refractivity contribution in [3.05, 3.63) is 47.9 Å². The van der Waals surface area contributed by atoms with Gasteiger partial charge in [-0.3, -0.25) is 14.3 Å². The van der Waals surface area contributed by atoms with Crippen molar-refractivity contribution in [2.75, 3.05) is 0 Å². The van der Waals surface area contributed by atoms with Crippen molar-refractivity contribution in [3.8, 4) is 0 Å². The molecule has 0 unspecified atom stereocenters. The van der Waals surface area contributed by atoms with Gasteiger partial charge in [0, 0.05) is 5.38 Å². The van der Waals surface area contributed by atoms with E-state index < -0.39 is 22.2 Å². The summed E-state index contributed by atoms with van der Waals surface area (Å²) in [5.41, 5.74) is -1.28. The van der Waals surface area contributed by atoms with E-state index in [9.17, 15) is 14.0 Å². The van der Waals surface area contributed by atoms with Crippen LogP contribution in [-0.2, 0) is 6.54 Å². The average Bonchev–Trinajstić information content (AvgIpc) is 2.67. The van der Waals surface area contributed by atoms with Crippen molar-refractivity contribution in [1.29, 1.82) is 0 Å². The smallest absolute Gasteiger partial charge is 0.295 e. The monoisotopic (exact) mass is 275 g/mol. The third-order valence-corrected chi connectivity index (χ3v) is 3.16. The van der Waals surface area contributed by atoms with Gasteiger partial charge in [-0.2, -0.15) is 4.39 Å². The molecule has 0 amide bonds. The zero-order valence-electron chi connectivity index (χ0n) is 8.66. The maximum absolute atomic E-state index is 13.2. The molecule has 0 bridgehead atoms. The Bertz CT molecular complexity index is 676. The maximum Gasteiger partial charge on any atom is 0.330 e. The van der Waals surface area contributed by atoms with Gasteiger partial charge in [-0.05, 0) is 6.92 Å². The molecule has 0 aliphatic rings. The predicted molar refractivity (Wildman–Crippen MR) is 62.2 cm³/mol. The second-order valence-corrected chi connectivity index (χ2v) is 4.75. The van der Waals surface area contributed by atoms with Gasteiger partial charge in [-0.15, -0.1) is 11.3 Å². The molecule has 2 aromatic heterocycles. The van der Waals surface area contributed by atoms with E-state index in [0.29, 0.717) is 5.69 Å². The first-order valence-corrected chi connectivity index (χ1v) is 5.84. The van der Waals surface area contributed by atoms with Crippen LogP contribution in [0, 0.1) is 12.7 Å². The van der Waals surface area contributed by atoms with E-state index in [1.807, 2.05) is 4.98 Å². The summed E-state index contributed by atoms with van der Waals surface area (Å²) in [6, 6.07) is 0. The van der Waals surface area contributed by atoms with Crippen molar-refractivity contribution in [2.45, 2.75) is 13.5 Å². The standard InChI is InChI=1S/C9H7ClFN3O2S/c1-4-12-5(3-17-4)2-14-8(15)6(11)7(10)13-9(14)16/h3H,2H2,1H3,(H,13,16).